The van der Waals surface area contributed by atoms with Gasteiger partial charge in [0.25, 0.3) is 0 Å². The number of aliphatic hydroxyl groups excluding tert-OH is 1. The van der Waals surface area contributed by atoms with Crippen LogP contribution in [0.25, 0.3) is 11.4 Å². The number of hydrogen-bond acceptors (Lipinski definition) is 6. The van der Waals surface area contributed by atoms with Gasteiger partial charge in [-0.1, -0.05) is 47.1 Å². The van der Waals surface area contributed by atoms with Crippen LogP contribution in [-0.4, -0.2) is 45.5 Å². The third-order valence-electron chi connectivity index (χ3n) is 5.16. The third-order valence-corrected chi connectivity index (χ3v) is 5.41. The number of benzene rings is 2. The highest BCUT2D eigenvalue weighted by Crippen LogP contribution is 2.29. The van der Waals surface area contributed by atoms with Crippen molar-refractivity contribution in [2.24, 2.45) is 0 Å². The predicted molar refractivity (Wildman–Crippen MR) is 106 cm³/mol. The van der Waals surface area contributed by atoms with Crippen LogP contribution in [0.4, 0.5) is 0 Å². The predicted octanol–water partition coefficient (Wildman–Crippen LogP) is 3.54. The highest BCUT2D eigenvalue weighted by molar-refractivity contribution is 6.30. The van der Waals surface area contributed by atoms with E-state index in [0.717, 1.165) is 17.5 Å². The minimum absolute atomic E-state index is 0.0119. The van der Waals surface area contributed by atoms with Crippen LogP contribution >= 0.6 is 11.6 Å². The van der Waals surface area contributed by atoms with E-state index in [9.17, 15) is 5.11 Å². The molecule has 1 aliphatic rings. The van der Waals surface area contributed by atoms with E-state index in [1.807, 2.05) is 30.3 Å². The van der Waals surface area contributed by atoms with Gasteiger partial charge < -0.3 is 14.4 Å². The van der Waals surface area contributed by atoms with Gasteiger partial charge in [-0.3, -0.25) is 4.90 Å². The zero-order chi connectivity index (χ0) is 19.4. The molecule has 1 aromatic heterocycles. The Morgan fingerprint density at radius 3 is 2.54 bits per heavy atom. The van der Waals surface area contributed by atoms with E-state index in [2.05, 4.69) is 27.2 Å². The summed E-state index contributed by atoms with van der Waals surface area (Å²) in [5.41, 5.74) is 1.54. The quantitative estimate of drug-likeness (QED) is 0.655. The monoisotopic (exact) mass is 399 g/mol. The van der Waals surface area contributed by atoms with E-state index >= 15 is 0 Å². The standard InChI is InChI=1S/C21H22ClN3O3/c22-18-8-6-17(7-9-18)20-23-19(28-24-20)13-25(12-16-4-2-1-3-5-16)21(14-26)10-11-27-15-21/h1-9,26H,10-15H2. The molecule has 1 saturated heterocycles. The molecular weight excluding hydrogens is 378 g/mol. The second kappa shape index (κ2) is 8.41. The maximum absolute atomic E-state index is 10.2. The molecule has 28 heavy (non-hydrogen) atoms. The summed E-state index contributed by atoms with van der Waals surface area (Å²) >= 11 is 5.95. The summed E-state index contributed by atoms with van der Waals surface area (Å²) in [6.07, 6.45) is 0.758. The lowest BCUT2D eigenvalue weighted by molar-refractivity contribution is 0.00184. The molecule has 6 nitrogen and oxygen atoms in total. The Morgan fingerprint density at radius 2 is 1.86 bits per heavy atom. The van der Waals surface area contributed by atoms with Gasteiger partial charge in [0.15, 0.2) is 0 Å². The van der Waals surface area contributed by atoms with Gasteiger partial charge in [0.05, 0.1) is 25.3 Å². The minimum Gasteiger partial charge on any atom is -0.394 e. The van der Waals surface area contributed by atoms with Gasteiger partial charge in [-0.15, -0.1) is 0 Å². The van der Waals surface area contributed by atoms with Gasteiger partial charge in [-0.25, -0.2) is 0 Å². The Bertz CT molecular complexity index is 893. The molecule has 1 aliphatic heterocycles. The molecule has 2 aromatic carbocycles. The molecule has 0 spiro atoms. The average molecular weight is 400 g/mol. The average Bonchev–Trinajstić information content (AvgIpc) is 3.39. The van der Waals surface area contributed by atoms with Crippen LogP contribution in [0.2, 0.25) is 5.02 Å². The molecule has 0 aliphatic carbocycles. The fourth-order valence-electron chi connectivity index (χ4n) is 3.46. The molecule has 7 heteroatoms. The molecule has 1 atom stereocenters. The van der Waals surface area contributed by atoms with Crippen LogP contribution in [0.5, 0.6) is 0 Å². The number of ether oxygens (including phenoxy) is 1. The molecule has 0 amide bonds. The highest BCUT2D eigenvalue weighted by Gasteiger charge is 2.41. The zero-order valence-corrected chi connectivity index (χ0v) is 16.2. The van der Waals surface area contributed by atoms with Crippen molar-refractivity contribution in [3.63, 3.8) is 0 Å². The molecule has 4 rings (SSSR count). The summed E-state index contributed by atoms with van der Waals surface area (Å²) < 4.78 is 11.1. The molecule has 3 aromatic rings. The van der Waals surface area contributed by atoms with Crippen LogP contribution < -0.4 is 0 Å². The topological polar surface area (TPSA) is 71.6 Å². The first-order valence-electron chi connectivity index (χ1n) is 9.25. The lowest BCUT2D eigenvalue weighted by atomic mass is 9.96. The van der Waals surface area contributed by atoms with E-state index < -0.39 is 5.54 Å². The maximum Gasteiger partial charge on any atom is 0.241 e. The Hall–Kier alpha value is -2.25. The molecule has 0 bridgehead atoms. The van der Waals surface area contributed by atoms with Crippen molar-refractivity contribution in [2.45, 2.75) is 25.0 Å². The van der Waals surface area contributed by atoms with Crippen LogP contribution in [0.1, 0.15) is 17.9 Å². The van der Waals surface area contributed by atoms with Crippen molar-refractivity contribution in [2.75, 3.05) is 19.8 Å². The van der Waals surface area contributed by atoms with Crippen molar-refractivity contribution < 1.29 is 14.4 Å². The van der Waals surface area contributed by atoms with E-state index in [0.29, 0.717) is 43.0 Å². The van der Waals surface area contributed by atoms with Crippen LogP contribution in [0, 0.1) is 0 Å². The number of rotatable bonds is 7. The van der Waals surface area contributed by atoms with E-state index in [4.69, 9.17) is 20.9 Å². The highest BCUT2D eigenvalue weighted by atomic mass is 35.5. The number of halogens is 1. The van der Waals surface area contributed by atoms with Crippen molar-refractivity contribution in [3.8, 4) is 11.4 Å². The van der Waals surface area contributed by atoms with Crippen molar-refractivity contribution in [1.82, 2.24) is 15.0 Å². The Kier molecular flexibility index (Phi) is 5.73. The molecule has 2 heterocycles. The van der Waals surface area contributed by atoms with Crippen molar-refractivity contribution in [1.29, 1.82) is 0 Å². The molecular formula is C21H22ClN3O3. The molecule has 0 saturated carbocycles. The van der Waals surface area contributed by atoms with Gasteiger partial charge in [0.2, 0.25) is 11.7 Å². The summed E-state index contributed by atoms with van der Waals surface area (Å²) in [5, 5.41) is 14.9. The van der Waals surface area contributed by atoms with Gasteiger partial charge in [0.1, 0.15) is 0 Å². The molecule has 1 N–H and O–H groups in total. The number of nitrogens with zero attached hydrogens (tertiary/aromatic N) is 3. The van der Waals surface area contributed by atoms with Crippen molar-refractivity contribution >= 4 is 11.6 Å². The van der Waals surface area contributed by atoms with Crippen LogP contribution in [-0.2, 0) is 17.8 Å². The van der Waals surface area contributed by atoms with Crippen LogP contribution in [0.3, 0.4) is 0 Å². The van der Waals surface area contributed by atoms with Gasteiger partial charge >= 0.3 is 0 Å². The second-order valence-electron chi connectivity index (χ2n) is 7.05. The van der Waals surface area contributed by atoms with Gasteiger partial charge in [0, 0.05) is 23.7 Å². The third kappa shape index (κ3) is 4.10. The van der Waals surface area contributed by atoms with Crippen molar-refractivity contribution in [3.05, 3.63) is 71.1 Å². The lowest BCUT2D eigenvalue weighted by Gasteiger charge is -2.38. The van der Waals surface area contributed by atoms with Crippen LogP contribution in [0.15, 0.2) is 59.1 Å². The molecule has 0 radical (unpaired) electrons. The summed E-state index contributed by atoms with van der Waals surface area (Å²) in [6, 6.07) is 17.5. The van der Waals surface area contributed by atoms with E-state index in [-0.39, 0.29) is 6.61 Å². The fraction of sp³-hybridized carbons (Fsp3) is 0.333. The van der Waals surface area contributed by atoms with Gasteiger partial charge in [-0.2, -0.15) is 4.98 Å². The maximum atomic E-state index is 10.2. The summed E-state index contributed by atoms with van der Waals surface area (Å²) in [6.45, 7) is 2.21. The summed E-state index contributed by atoms with van der Waals surface area (Å²) in [5.74, 6) is 1.02. The smallest absolute Gasteiger partial charge is 0.241 e. The first-order valence-corrected chi connectivity index (χ1v) is 9.62. The molecule has 146 valence electrons. The normalized spacial score (nSPS) is 19.4. The molecule has 1 fully saturated rings. The Labute approximate surface area is 168 Å². The first kappa shape index (κ1) is 19.1. The SMILES string of the molecule is OCC1(N(Cc2ccccc2)Cc2nc(-c3ccc(Cl)cc3)no2)CCOC1. The van der Waals surface area contributed by atoms with Gasteiger partial charge in [-0.05, 0) is 36.2 Å². The minimum atomic E-state index is -0.454. The fourth-order valence-corrected chi connectivity index (χ4v) is 3.59. The largest absolute Gasteiger partial charge is 0.394 e. The van der Waals surface area contributed by atoms with E-state index in [1.165, 1.54) is 0 Å². The number of aromatic nitrogens is 2. The van der Waals surface area contributed by atoms with E-state index in [1.54, 1.807) is 12.1 Å². The lowest BCUT2D eigenvalue weighted by Crippen LogP contribution is -2.51. The summed E-state index contributed by atoms with van der Waals surface area (Å²) in [4.78, 5) is 6.72. The Balaban J connectivity index is 1.58. The number of hydrogen-bond donors (Lipinski definition) is 1. The number of aliphatic hydroxyl groups is 1. The Morgan fingerprint density at radius 1 is 1.07 bits per heavy atom. The first-order chi connectivity index (χ1) is 13.7. The summed E-state index contributed by atoms with van der Waals surface area (Å²) in [7, 11) is 0. The zero-order valence-electron chi connectivity index (χ0n) is 15.4. The second-order valence-corrected chi connectivity index (χ2v) is 7.48. The molecule has 1 unspecified atom stereocenters.